The highest BCUT2D eigenvalue weighted by molar-refractivity contribution is 9.10. The van der Waals surface area contributed by atoms with Gasteiger partial charge >= 0.3 is 12.0 Å². The van der Waals surface area contributed by atoms with Gasteiger partial charge in [0.05, 0.1) is 23.9 Å². The molecule has 0 atom stereocenters. The Labute approximate surface area is 215 Å². The lowest BCUT2D eigenvalue weighted by atomic mass is 10.1. The van der Waals surface area contributed by atoms with Crippen LogP contribution in [-0.2, 0) is 19.1 Å². The van der Waals surface area contributed by atoms with Gasteiger partial charge in [-0.1, -0.05) is 27.5 Å². The van der Waals surface area contributed by atoms with Crippen molar-refractivity contribution in [2.75, 3.05) is 24.7 Å². The number of hydrogen-bond acceptors (Lipinski definition) is 7. The van der Waals surface area contributed by atoms with E-state index in [1.165, 1.54) is 18.2 Å². The summed E-state index contributed by atoms with van der Waals surface area (Å²) in [5.74, 6) is -1.89. The normalized spacial score (nSPS) is 14.7. The number of carbonyl (C=O) groups is 4. The van der Waals surface area contributed by atoms with Crippen molar-refractivity contribution >= 4 is 63.1 Å². The van der Waals surface area contributed by atoms with Gasteiger partial charge in [-0.15, -0.1) is 0 Å². The van der Waals surface area contributed by atoms with E-state index >= 15 is 0 Å². The molecule has 1 aliphatic rings. The lowest BCUT2D eigenvalue weighted by molar-refractivity contribution is -0.145. The lowest BCUT2D eigenvalue weighted by Crippen LogP contribution is -2.54. The minimum absolute atomic E-state index is 0.0900. The molecule has 1 heterocycles. The van der Waals surface area contributed by atoms with Gasteiger partial charge in [-0.25, -0.2) is 14.5 Å². The molecular formula is C24H22BrClN2O7. The van der Waals surface area contributed by atoms with Crippen molar-refractivity contribution in [3.63, 3.8) is 0 Å². The Morgan fingerprint density at radius 3 is 2.51 bits per heavy atom. The van der Waals surface area contributed by atoms with Gasteiger partial charge in [-0.05, 0) is 68.3 Å². The number of aryl methyl sites for hydroxylation is 1. The first kappa shape index (κ1) is 26.2. The number of urea groups is 1. The van der Waals surface area contributed by atoms with Crippen LogP contribution in [0.4, 0.5) is 10.5 Å². The average Bonchev–Trinajstić information content (AvgIpc) is 2.78. The van der Waals surface area contributed by atoms with Gasteiger partial charge in [0.25, 0.3) is 11.8 Å². The number of nitrogens with one attached hydrogen (secondary N) is 1. The minimum Gasteiger partial charge on any atom is -0.490 e. The summed E-state index contributed by atoms with van der Waals surface area (Å²) in [5.41, 5.74) is 1.19. The molecule has 1 aliphatic heterocycles. The third-order valence-electron chi connectivity index (χ3n) is 4.78. The van der Waals surface area contributed by atoms with Crippen LogP contribution in [0.15, 0.2) is 40.4 Å². The second-order valence-corrected chi connectivity index (χ2v) is 8.51. The van der Waals surface area contributed by atoms with Gasteiger partial charge in [-0.3, -0.25) is 14.9 Å². The molecule has 35 heavy (non-hydrogen) atoms. The van der Waals surface area contributed by atoms with Crippen molar-refractivity contribution in [3.8, 4) is 11.5 Å². The summed E-state index contributed by atoms with van der Waals surface area (Å²) in [6.07, 6.45) is 1.30. The average molecular weight is 566 g/mol. The van der Waals surface area contributed by atoms with Crippen LogP contribution in [0, 0.1) is 6.92 Å². The van der Waals surface area contributed by atoms with Crippen LogP contribution >= 0.6 is 27.5 Å². The van der Waals surface area contributed by atoms with Gasteiger partial charge in [0.15, 0.2) is 18.1 Å². The maximum atomic E-state index is 13.2. The first-order valence-electron chi connectivity index (χ1n) is 10.6. The topological polar surface area (TPSA) is 111 Å². The predicted octanol–water partition coefficient (Wildman–Crippen LogP) is 4.42. The summed E-state index contributed by atoms with van der Waals surface area (Å²) in [4.78, 5) is 50.7. The summed E-state index contributed by atoms with van der Waals surface area (Å²) in [5, 5.41) is 2.27. The van der Waals surface area contributed by atoms with Crippen LogP contribution in [0.25, 0.3) is 6.08 Å². The van der Waals surface area contributed by atoms with Crippen LogP contribution in [0.1, 0.15) is 25.0 Å². The number of esters is 1. The number of hydrogen-bond donors (Lipinski definition) is 1. The van der Waals surface area contributed by atoms with E-state index in [1.54, 1.807) is 32.0 Å². The summed E-state index contributed by atoms with van der Waals surface area (Å²) < 4.78 is 16.7. The molecule has 0 unspecified atom stereocenters. The number of benzene rings is 2. The molecule has 184 valence electrons. The van der Waals surface area contributed by atoms with Gasteiger partial charge in [0.2, 0.25) is 0 Å². The largest absolute Gasteiger partial charge is 0.490 e. The molecule has 0 saturated carbocycles. The van der Waals surface area contributed by atoms with E-state index in [4.69, 9.17) is 25.8 Å². The van der Waals surface area contributed by atoms with Crippen molar-refractivity contribution in [1.82, 2.24) is 5.32 Å². The predicted molar refractivity (Wildman–Crippen MR) is 133 cm³/mol. The Kier molecular flexibility index (Phi) is 8.52. The smallest absolute Gasteiger partial charge is 0.344 e. The number of rotatable bonds is 8. The minimum atomic E-state index is -0.852. The molecule has 0 radical (unpaired) electrons. The molecule has 2 aromatic rings. The van der Waals surface area contributed by atoms with Crippen LogP contribution < -0.4 is 19.7 Å². The van der Waals surface area contributed by atoms with Crippen molar-refractivity contribution in [3.05, 3.63) is 56.5 Å². The Bertz CT molecular complexity index is 1230. The van der Waals surface area contributed by atoms with Crippen LogP contribution in [-0.4, -0.2) is 43.6 Å². The maximum Gasteiger partial charge on any atom is 0.344 e. The first-order valence-corrected chi connectivity index (χ1v) is 11.8. The summed E-state index contributed by atoms with van der Waals surface area (Å²) >= 11 is 9.74. The number of anilines is 1. The lowest BCUT2D eigenvalue weighted by Gasteiger charge is -2.26. The molecule has 0 bridgehead atoms. The number of amides is 4. The zero-order valence-corrected chi connectivity index (χ0v) is 21.5. The van der Waals surface area contributed by atoms with Crippen LogP contribution in [0.2, 0.25) is 5.02 Å². The van der Waals surface area contributed by atoms with Gasteiger partial charge in [-0.2, -0.15) is 0 Å². The Balaban J connectivity index is 1.97. The molecule has 9 nitrogen and oxygen atoms in total. The fraction of sp³-hybridized carbons (Fsp3) is 0.250. The number of ether oxygens (including phenoxy) is 3. The van der Waals surface area contributed by atoms with Crippen LogP contribution in [0.5, 0.6) is 11.5 Å². The zero-order valence-electron chi connectivity index (χ0n) is 19.1. The highest BCUT2D eigenvalue weighted by atomic mass is 79.9. The van der Waals surface area contributed by atoms with E-state index in [0.717, 1.165) is 14.9 Å². The molecule has 2 aromatic carbocycles. The fourth-order valence-corrected chi connectivity index (χ4v) is 3.75. The van der Waals surface area contributed by atoms with E-state index in [2.05, 4.69) is 21.2 Å². The molecule has 1 N–H and O–H groups in total. The molecule has 3 rings (SSSR count). The number of carbonyl (C=O) groups excluding carboxylic acids is 4. The molecule has 4 amide bonds. The molecule has 0 aromatic heterocycles. The second-order valence-electron chi connectivity index (χ2n) is 7.25. The molecule has 0 spiro atoms. The van der Waals surface area contributed by atoms with Crippen LogP contribution in [0.3, 0.4) is 0 Å². The molecule has 1 fully saturated rings. The zero-order chi connectivity index (χ0) is 25.7. The van der Waals surface area contributed by atoms with E-state index in [-0.39, 0.29) is 41.9 Å². The van der Waals surface area contributed by atoms with Gasteiger partial charge in [0.1, 0.15) is 5.57 Å². The number of imide groups is 2. The Hall–Kier alpha value is -3.37. The highest BCUT2D eigenvalue weighted by Crippen LogP contribution is 2.37. The first-order chi connectivity index (χ1) is 16.7. The highest BCUT2D eigenvalue weighted by Gasteiger charge is 2.37. The second kappa shape index (κ2) is 11.4. The quantitative estimate of drug-likeness (QED) is 0.287. The Morgan fingerprint density at radius 1 is 1.11 bits per heavy atom. The van der Waals surface area contributed by atoms with Crippen molar-refractivity contribution in [2.45, 2.75) is 20.8 Å². The van der Waals surface area contributed by atoms with E-state index < -0.39 is 23.8 Å². The number of halogens is 2. The van der Waals surface area contributed by atoms with E-state index in [0.29, 0.717) is 11.3 Å². The molecular weight excluding hydrogens is 544 g/mol. The summed E-state index contributed by atoms with van der Waals surface area (Å²) in [7, 11) is 0. The molecule has 11 heteroatoms. The van der Waals surface area contributed by atoms with Crippen molar-refractivity contribution < 1.29 is 33.4 Å². The third-order valence-corrected chi connectivity index (χ3v) is 5.95. The molecule has 1 saturated heterocycles. The van der Waals surface area contributed by atoms with Crippen molar-refractivity contribution in [1.29, 1.82) is 0 Å². The molecule has 0 aliphatic carbocycles. The SMILES string of the molecule is CCOC(=O)COc1c(Cl)cc(/C=C2\C(=O)NC(=O)N(c3ccc(Br)c(C)c3)C2=O)cc1OCC. The van der Waals surface area contributed by atoms with E-state index in [9.17, 15) is 19.2 Å². The monoisotopic (exact) mass is 564 g/mol. The standard InChI is InChI=1S/C24H22BrClN2O7/c1-4-33-19-11-14(10-18(26)21(19)35-12-20(29)34-5-2)9-16-22(30)27-24(32)28(23(16)31)15-6-7-17(25)13(3)8-15/h6-11H,4-5,12H2,1-3H3,(H,27,30,32)/b16-9+. The Morgan fingerprint density at radius 2 is 1.86 bits per heavy atom. The summed E-state index contributed by atoms with van der Waals surface area (Å²) in [6, 6.07) is 7.04. The number of nitrogens with zero attached hydrogens (tertiary/aromatic N) is 1. The fourth-order valence-electron chi connectivity index (χ4n) is 3.23. The van der Waals surface area contributed by atoms with Gasteiger partial charge in [0, 0.05) is 4.47 Å². The van der Waals surface area contributed by atoms with Crippen molar-refractivity contribution in [2.24, 2.45) is 0 Å². The number of barbiturate groups is 1. The summed E-state index contributed by atoms with van der Waals surface area (Å²) in [6.45, 7) is 5.32. The maximum absolute atomic E-state index is 13.2. The van der Waals surface area contributed by atoms with E-state index in [1.807, 2.05) is 6.92 Å². The van der Waals surface area contributed by atoms with Gasteiger partial charge < -0.3 is 14.2 Å². The third kappa shape index (κ3) is 6.01.